The molecule has 0 spiro atoms. The van der Waals surface area contributed by atoms with Gasteiger partial charge in [0, 0.05) is 42.6 Å². The zero-order valence-corrected chi connectivity index (χ0v) is 13.3. The van der Waals surface area contributed by atoms with Crippen LogP contribution in [0.4, 0.5) is 11.4 Å². The first-order chi connectivity index (χ1) is 9.88. The first-order valence-electron chi connectivity index (χ1n) is 7.13. The highest BCUT2D eigenvalue weighted by Gasteiger charge is 2.24. The lowest BCUT2D eigenvalue weighted by atomic mass is 10.1. The predicted molar refractivity (Wildman–Crippen MR) is 85.1 cm³/mol. The molecule has 1 aromatic rings. The lowest BCUT2D eigenvalue weighted by Gasteiger charge is -2.31. The Hall–Kier alpha value is -1.47. The lowest BCUT2D eigenvalue weighted by Crippen LogP contribution is -2.41. The molecule has 0 aliphatic carbocycles. The van der Waals surface area contributed by atoms with E-state index in [9.17, 15) is 8.42 Å². The summed E-state index contributed by atoms with van der Waals surface area (Å²) in [5, 5.41) is 3.41. The molecule has 6 nitrogen and oxygen atoms in total. The highest BCUT2D eigenvalue weighted by Crippen LogP contribution is 2.25. The van der Waals surface area contributed by atoms with E-state index in [1.807, 2.05) is 19.1 Å². The van der Waals surface area contributed by atoms with E-state index >= 15 is 0 Å². The minimum Gasteiger partial charge on any atom is -0.494 e. The van der Waals surface area contributed by atoms with E-state index < -0.39 is 10.0 Å². The molecular weight excluding hydrogens is 290 g/mol. The van der Waals surface area contributed by atoms with Gasteiger partial charge in [-0.3, -0.25) is 0 Å². The molecule has 1 aliphatic heterocycles. The van der Waals surface area contributed by atoms with Crippen molar-refractivity contribution in [2.75, 3.05) is 37.0 Å². The van der Waals surface area contributed by atoms with E-state index in [4.69, 9.17) is 10.5 Å². The molecule has 2 rings (SSSR count). The molecule has 0 bridgehead atoms. The molecule has 3 N–H and O–H groups in total. The fraction of sp³-hybridized carbons (Fsp3) is 0.571. The number of rotatable bonds is 5. The number of hydrogen-bond donors (Lipinski definition) is 2. The van der Waals surface area contributed by atoms with E-state index in [0.717, 1.165) is 24.3 Å². The SMILES string of the molecule is CCOc1cc(N)cc(NC2CCN(S(C)(=O)=O)CC2)c1. The molecule has 0 unspecified atom stereocenters. The maximum Gasteiger partial charge on any atom is 0.211 e. The van der Waals surface area contributed by atoms with Crippen molar-refractivity contribution in [2.24, 2.45) is 0 Å². The normalized spacial score (nSPS) is 17.6. The van der Waals surface area contributed by atoms with Gasteiger partial charge in [0.1, 0.15) is 5.75 Å². The van der Waals surface area contributed by atoms with Crippen molar-refractivity contribution in [3.63, 3.8) is 0 Å². The summed E-state index contributed by atoms with van der Waals surface area (Å²) in [5.41, 5.74) is 7.43. The predicted octanol–water partition coefficient (Wildman–Crippen LogP) is 1.50. The summed E-state index contributed by atoms with van der Waals surface area (Å²) in [4.78, 5) is 0. The Morgan fingerprint density at radius 2 is 2.00 bits per heavy atom. The van der Waals surface area contributed by atoms with Gasteiger partial charge in [0.25, 0.3) is 0 Å². The Morgan fingerprint density at radius 3 is 2.57 bits per heavy atom. The van der Waals surface area contributed by atoms with Crippen molar-refractivity contribution in [2.45, 2.75) is 25.8 Å². The minimum atomic E-state index is -3.08. The molecule has 0 saturated carbocycles. The fourth-order valence-corrected chi connectivity index (χ4v) is 3.40. The molecule has 1 fully saturated rings. The summed E-state index contributed by atoms with van der Waals surface area (Å²) in [5.74, 6) is 0.744. The van der Waals surface area contributed by atoms with Crippen LogP contribution in [-0.2, 0) is 10.0 Å². The summed E-state index contributed by atoms with van der Waals surface area (Å²) in [6.45, 7) is 3.63. The van der Waals surface area contributed by atoms with Crippen LogP contribution in [0.15, 0.2) is 18.2 Å². The zero-order valence-electron chi connectivity index (χ0n) is 12.5. The largest absolute Gasteiger partial charge is 0.494 e. The van der Waals surface area contributed by atoms with Crippen LogP contribution in [0.3, 0.4) is 0 Å². The quantitative estimate of drug-likeness (QED) is 0.805. The summed E-state index contributed by atoms with van der Waals surface area (Å²) >= 11 is 0. The van der Waals surface area contributed by atoms with Crippen molar-refractivity contribution in [1.82, 2.24) is 4.31 Å². The third-order valence-electron chi connectivity index (χ3n) is 3.53. The van der Waals surface area contributed by atoms with Crippen molar-refractivity contribution < 1.29 is 13.2 Å². The van der Waals surface area contributed by atoms with Gasteiger partial charge < -0.3 is 15.8 Å². The fourth-order valence-electron chi connectivity index (χ4n) is 2.52. The van der Waals surface area contributed by atoms with Gasteiger partial charge in [0.05, 0.1) is 12.9 Å². The van der Waals surface area contributed by atoms with Crippen molar-refractivity contribution >= 4 is 21.4 Å². The Morgan fingerprint density at radius 1 is 1.33 bits per heavy atom. The Balaban J connectivity index is 1.97. The molecule has 1 aliphatic rings. The monoisotopic (exact) mass is 313 g/mol. The van der Waals surface area contributed by atoms with Crippen molar-refractivity contribution in [3.8, 4) is 5.75 Å². The standard InChI is InChI=1S/C14H23N3O3S/c1-3-20-14-9-11(15)8-13(10-14)16-12-4-6-17(7-5-12)21(2,18)19/h8-10,12,16H,3-7,15H2,1-2H3. The van der Waals surface area contributed by atoms with Gasteiger partial charge in [-0.25, -0.2) is 12.7 Å². The average Bonchev–Trinajstić information content (AvgIpc) is 2.38. The van der Waals surface area contributed by atoms with E-state index in [0.29, 0.717) is 25.4 Å². The molecule has 0 radical (unpaired) electrons. The van der Waals surface area contributed by atoms with Crippen LogP contribution >= 0.6 is 0 Å². The Kier molecular flexibility index (Phi) is 4.95. The van der Waals surface area contributed by atoms with E-state index in [2.05, 4.69) is 5.32 Å². The molecule has 7 heteroatoms. The van der Waals surface area contributed by atoms with Crippen LogP contribution in [0.2, 0.25) is 0 Å². The van der Waals surface area contributed by atoms with Gasteiger partial charge in [0.2, 0.25) is 10.0 Å². The van der Waals surface area contributed by atoms with Crippen LogP contribution in [0.1, 0.15) is 19.8 Å². The Bertz CT molecular complexity index is 581. The topological polar surface area (TPSA) is 84.7 Å². The lowest BCUT2D eigenvalue weighted by molar-refractivity contribution is 0.331. The van der Waals surface area contributed by atoms with Crippen molar-refractivity contribution in [1.29, 1.82) is 0 Å². The second-order valence-corrected chi connectivity index (χ2v) is 7.29. The van der Waals surface area contributed by atoms with Crippen LogP contribution in [0.5, 0.6) is 5.75 Å². The number of nitrogen functional groups attached to an aromatic ring is 1. The number of ether oxygens (including phenoxy) is 1. The Labute approximate surface area is 126 Å². The molecule has 0 atom stereocenters. The molecule has 0 aromatic heterocycles. The van der Waals surface area contributed by atoms with Crippen LogP contribution in [0.25, 0.3) is 0 Å². The summed E-state index contributed by atoms with van der Waals surface area (Å²) < 4.78 is 30.0. The molecule has 1 aromatic carbocycles. The number of nitrogens with zero attached hydrogens (tertiary/aromatic N) is 1. The molecule has 1 heterocycles. The van der Waals surface area contributed by atoms with Gasteiger partial charge in [-0.2, -0.15) is 0 Å². The van der Waals surface area contributed by atoms with Crippen molar-refractivity contribution in [3.05, 3.63) is 18.2 Å². The number of anilines is 2. The average molecular weight is 313 g/mol. The van der Waals surface area contributed by atoms with Crippen LogP contribution in [-0.4, -0.2) is 44.7 Å². The first-order valence-corrected chi connectivity index (χ1v) is 8.98. The number of piperidine rings is 1. The maximum absolute atomic E-state index is 11.5. The van der Waals surface area contributed by atoms with Gasteiger partial charge in [0.15, 0.2) is 0 Å². The molecule has 0 amide bonds. The summed E-state index contributed by atoms with van der Waals surface area (Å²) in [7, 11) is -3.08. The number of nitrogens with one attached hydrogen (secondary N) is 1. The van der Waals surface area contributed by atoms with E-state index in [-0.39, 0.29) is 6.04 Å². The number of nitrogens with two attached hydrogens (primary N) is 1. The van der Waals surface area contributed by atoms with Gasteiger partial charge >= 0.3 is 0 Å². The second-order valence-electron chi connectivity index (χ2n) is 5.30. The van der Waals surface area contributed by atoms with E-state index in [1.165, 1.54) is 10.6 Å². The minimum absolute atomic E-state index is 0.249. The third kappa shape index (κ3) is 4.50. The smallest absolute Gasteiger partial charge is 0.211 e. The third-order valence-corrected chi connectivity index (χ3v) is 4.84. The maximum atomic E-state index is 11.5. The van der Waals surface area contributed by atoms with E-state index in [1.54, 1.807) is 6.07 Å². The highest BCUT2D eigenvalue weighted by atomic mass is 32.2. The molecule has 21 heavy (non-hydrogen) atoms. The highest BCUT2D eigenvalue weighted by molar-refractivity contribution is 7.88. The number of sulfonamides is 1. The zero-order chi connectivity index (χ0) is 15.5. The molecule has 118 valence electrons. The molecular formula is C14H23N3O3S. The van der Waals surface area contributed by atoms with Crippen LogP contribution < -0.4 is 15.8 Å². The van der Waals surface area contributed by atoms with Gasteiger partial charge in [-0.15, -0.1) is 0 Å². The second kappa shape index (κ2) is 6.53. The van der Waals surface area contributed by atoms with Gasteiger partial charge in [-0.05, 0) is 25.8 Å². The number of hydrogen-bond acceptors (Lipinski definition) is 5. The molecule has 1 saturated heterocycles. The summed E-state index contributed by atoms with van der Waals surface area (Å²) in [6, 6.07) is 5.83. The number of benzene rings is 1. The van der Waals surface area contributed by atoms with Gasteiger partial charge in [-0.1, -0.05) is 0 Å². The summed E-state index contributed by atoms with van der Waals surface area (Å²) in [6.07, 6.45) is 2.82. The van der Waals surface area contributed by atoms with Crippen LogP contribution in [0, 0.1) is 0 Å². The first kappa shape index (κ1) is 15.9.